The predicted octanol–water partition coefficient (Wildman–Crippen LogP) is -18.4. The van der Waals surface area contributed by atoms with Crippen molar-refractivity contribution in [2.45, 2.75) is 6.10 Å². The van der Waals surface area contributed by atoms with Crippen LogP contribution in [-0.4, -0.2) is 30.0 Å². The van der Waals surface area contributed by atoms with Gasteiger partial charge in [0, 0.05) is 16.7 Å². The summed E-state index contributed by atoms with van der Waals surface area (Å²) in [7, 11) is 0. The summed E-state index contributed by atoms with van der Waals surface area (Å²) < 4.78 is 4.25. The minimum atomic E-state index is -2.31. The second kappa shape index (κ2) is 15.7. The summed E-state index contributed by atoms with van der Waals surface area (Å²) >= 11 is 0. The third kappa shape index (κ3) is 9.07. The van der Waals surface area contributed by atoms with Crippen molar-refractivity contribution in [1.82, 2.24) is 0 Å². The molecule has 1 aliphatic rings. The zero-order chi connectivity index (χ0) is 14.0. The van der Waals surface area contributed by atoms with Crippen molar-refractivity contribution in [3.8, 4) is 0 Å². The van der Waals surface area contributed by atoms with Crippen LogP contribution in [0, 0.1) is 0 Å². The Bertz CT molecular complexity index is 525. The van der Waals surface area contributed by atoms with Gasteiger partial charge in [-0.1, -0.05) is 0 Å². The number of ether oxygens (including phenoxy) is 1. The van der Waals surface area contributed by atoms with E-state index < -0.39 is 46.7 Å². The number of carbonyl (C=O) groups excluding carboxylic acids is 4. The summed E-state index contributed by atoms with van der Waals surface area (Å²) in [5.74, 6) is -8.62. The summed E-state index contributed by atoms with van der Waals surface area (Å²) in [5, 5.41) is 42.5. The topological polar surface area (TPSA) is 170 Å². The average Bonchev–Trinajstić information content (AvgIpc) is 2.26. The van der Waals surface area contributed by atoms with Crippen LogP contribution in [0.5, 0.6) is 0 Å². The van der Waals surface area contributed by atoms with Crippen LogP contribution in [0.4, 0.5) is 0 Å². The van der Waals surface area contributed by atoms with E-state index in [0.717, 1.165) is 0 Å². The van der Waals surface area contributed by atoms with Gasteiger partial charge in [0.05, 0.1) is 30.1 Å². The van der Waals surface area contributed by atoms with Crippen molar-refractivity contribution >= 4 is 23.9 Å². The van der Waals surface area contributed by atoms with E-state index in [0.29, 0.717) is 0 Å². The molecule has 0 fully saturated rings. The van der Waals surface area contributed by atoms with Crippen molar-refractivity contribution in [1.29, 1.82) is 0 Å². The van der Waals surface area contributed by atoms with Crippen molar-refractivity contribution < 1.29 is 250 Å². The normalized spacial score (nSPS) is 15.3. The standard InChI is InChI=1S/C9H6O9.4K/c10-6(11)2-1-18-5(9(16)17)4(8(14)15)3(2)7(12)13;;;;/h1,5H,(H,10,11)(H,12,13)(H,14,15)(H,16,17);;;;/q;4*+1/p-4. The molecule has 0 radical (unpaired) electrons. The molecule has 1 rings (SSSR count). The Labute approximate surface area is 294 Å². The van der Waals surface area contributed by atoms with Crippen LogP contribution in [0.3, 0.4) is 0 Å². The largest absolute Gasteiger partial charge is 1.00 e. The number of hydrogen-bond acceptors (Lipinski definition) is 9. The van der Waals surface area contributed by atoms with Crippen molar-refractivity contribution in [3.63, 3.8) is 0 Å². The van der Waals surface area contributed by atoms with Crippen LogP contribution in [0.15, 0.2) is 23.0 Å². The number of carboxylic acids is 4. The van der Waals surface area contributed by atoms with Crippen LogP contribution in [0.2, 0.25) is 0 Å². The second-order valence-corrected chi connectivity index (χ2v) is 3.02. The minimum absolute atomic E-state index is 0. The van der Waals surface area contributed by atoms with Gasteiger partial charge >= 0.3 is 206 Å². The number of aliphatic carboxylic acids is 4. The van der Waals surface area contributed by atoms with Crippen LogP contribution in [0.25, 0.3) is 0 Å². The molecule has 22 heavy (non-hydrogen) atoms. The monoisotopic (exact) mass is 410 g/mol. The number of hydrogen-bond donors (Lipinski definition) is 0. The molecular weight excluding hydrogens is 408 g/mol. The Morgan fingerprint density at radius 2 is 1.27 bits per heavy atom. The summed E-state index contributed by atoms with van der Waals surface area (Å²) in [5.41, 5.74) is -3.99. The van der Waals surface area contributed by atoms with Gasteiger partial charge < -0.3 is 44.3 Å². The second-order valence-electron chi connectivity index (χ2n) is 3.02. The Morgan fingerprint density at radius 3 is 1.55 bits per heavy atom. The fourth-order valence-corrected chi connectivity index (χ4v) is 1.29. The van der Waals surface area contributed by atoms with Gasteiger partial charge in [-0.2, -0.15) is 0 Å². The smallest absolute Gasteiger partial charge is 0.546 e. The molecule has 0 aromatic heterocycles. The fraction of sp³-hybridized carbons (Fsp3) is 0.111. The average molecular weight is 410 g/mol. The first-order valence-electron chi connectivity index (χ1n) is 4.22. The molecule has 0 spiro atoms. The molecule has 1 atom stereocenters. The molecule has 1 aliphatic heterocycles. The summed E-state index contributed by atoms with van der Waals surface area (Å²) in [6.45, 7) is 0. The predicted molar refractivity (Wildman–Crippen MR) is 40.0 cm³/mol. The molecule has 0 bridgehead atoms. The molecule has 0 amide bonds. The number of carboxylic acid groups (broad SMARTS) is 4. The van der Waals surface area contributed by atoms with Gasteiger partial charge in [0.2, 0.25) is 0 Å². The SMILES string of the molecule is O=C([O-])C1=COC(C(=O)[O-])C(C(=O)[O-])=C1C(=O)[O-].[K+].[K+].[K+].[K+]. The maximum absolute atomic E-state index is 10.7. The van der Waals surface area contributed by atoms with Gasteiger partial charge in [-0.3, -0.25) is 0 Å². The molecule has 0 N–H and O–H groups in total. The summed E-state index contributed by atoms with van der Waals surface area (Å²) in [6.07, 6.45) is -2.08. The molecule has 13 heteroatoms. The maximum Gasteiger partial charge on any atom is 1.00 e. The van der Waals surface area contributed by atoms with Crippen molar-refractivity contribution in [2.75, 3.05) is 0 Å². The minimum Gasteiger partial charge on any atom is -0.546 e. The number of carbonyl (C=O) groups is 4. The van der Waals surface area contributed by atoms with Gasteiger partial charge in [0.25, 0.3) is 0 Å². The van der Waals surface area contributed by atoms with Gasteiger partial charge in [-0.15, -0.1) is 0 Å². The third-order valence-electron chi connectivity index (χ3n) is 1.98. The third-order valence-corrected chi connectivity index (χ3v) is 1.98. The molecule has 1 heterocycles. The first-order valence-corrected chi connectivity index (χ1v) is 4.22. The fourth-order valence-electron chi connectivity index (χ4n) is 1.29. The Morgan fingerprint density at radius 1 is 0.818 bits per heavy atom. The van der Waals surface area contributed by atoms with E-state index in [1.807, 2.05) is 0 Å². The first-order chi connectivity index (χ1) is 8.27. The first kappa shape index (κ1) is 33.3. The van der Waals surface area contributed by atoms with E-state index in [4.69, 9.17) is 0 Å². The molecule has 96 valence electrons. The Hall–Kier alpha value is 3.71. The molecule has 9 nitrogen and oxygen atoms in total. The van der Waals surface area contributed by atoms with Crippen LogP contribution in [-0.2, 0) is 23.9 Å². The van der Waals surface area contributed by atoms with Gasteiger partial charge in [-0.05, 0) is 0 Å². The van der Waals surface area contributed by atoms with Crippen LogP contribution >= 0.6 is 0 Å². The maximum atomic E-state index is 10.7. The summed E-state index contributed by atoms with van der Waals surface area (Å²) in [4.78, 5) is 42.5. The Kier molecular flexibility index (Phi) is 23.8. The molecule has 0 aromatic rings. The van der Waals surface area contributed by atoms with E-state index in [1.165, 1.54) is 0 Å². The van der Waals surface area contributed by atoms with E-state index in [-0.39, 0.29) is 212 Å². The van der Waals surface area contributed by atoms with E-state index in [9.17, 15) is 39.6 Å². The van der Waals surface area contributed by atoms with E-state index >= 15 is 0 Å². The molecule has 1 unspecified atom stereocenters. The van der Waals surface area contributed by atoms with Crippen molar-refractivity contribution in [3.05, 3.63) is 23.0 Å². The van der Waals surface area contributed by atoms with Crippen LogP contribution < -0.4 is 226 Å². The molecular formula is C9H2K4O9. The molecule has 0 aliphatic carbocycles. The zero-order valence-corrected chi connectivity index (χ0v) is 24.8. The van der Waals surface area contributed by atoms with Gasteiger partial charge in [-0.25, -0.2) is 0 Å². The van der Waals surface area contributed by atoms with Crippen molar-refractivity contribution in [2.24, 2.45) is 0 Å². The number of rotatable bonds is 4. The Balaban J connectivity index is -0.000000405. The quantitative estimate of drug-likeness (QED) is 0.408. The molecule has 0 saturated heterocycles. The molecule has 0 saturated carbocycles. The molecule has 0 aromatic carbocycles. The van der Waals surface area contributed by atoms with E-state index in [1.54, 1.807) is 0 Å². The zero-order valence-electron chi connectivity index (χ0n) is 12.3. The summed E-state index contributed by atoms with van der Waals surface area (Å²) in [6, 6.07) is 0. The van der Waals surface area contributed by atoms with Crippen LogP contribution in [0.1, 0.15) is 0 Å². The van der Waals surface area contributed by atoms with Gasteiger partial charge in [0.1, 0.15) is 0 Å². The van der Waals surface area contributed by atoms with Gasteiger partial charge in [0.15, 0.2) is 6.10 Å². The van der Waals surface area contributed by atoms with E-state index in [2.05, 4.69) is 4.74 Å².